The molecule has 0 bridgehead atoms. The highest BCUT2D eigenvalue weighted by Crippen LogP contribution is 2.37. The quantitative estimate of drug-likeness (QED) is 0.813. The van der Waals surface area contributed by atoms with Gasteiger partial charge in [0.25, 0.3) is 0 Å². The summed E-state index contributed by atoms with van der Waals surface area (Å²) < 4.78 is 37.9. The van der Waals surface area contributed by atoms with E-state index in [1.165, 1.54) is 0 Å². The molecule has 0 saturated carbocycles. The van der Waals surface area contributed by atoms with Gasteiger partial charge in [-0.25, -0.2) is 0 Å². The van der Waals surface area contributed by atoms with E-state index in [4.69, 9.17) is 0 Å². The fourth-order valence-corrected chi connectivity index (χ4v) is 2.91. The Morgan fingerprint density at radius 2 is 1.80 bits per heavy atom. The van der Waals surface area contributed by atoms with Crippen molar-refractivity contribution in [2.45, 2.75) is 38.4 Å². The Balaban J connectivity index is 2.26. The zero-order valence-corrected chi connectivity index (χ0v) is 11.5. The van der Waals surface area contributed by atoms with Crippen molar-refractivity contribution in [3.8, 4) is 0 Å². The third kappa shape index (κ3) is 3.14. The van der Waals surface area contributed by atoms with Crippen molar-refractivity contribution in [1.29, 1.82) is 0 Å². The number of amides is 1. The molecule has 0 aromatic heterocycles. The van der Waals surface area contributed by atoms with Crippen LogP contribution in [-0.4, -0.2) is 29.6 Å². The van der Waals surface area contributed by atoms with E-state index in [0.717, 1.165) is 10.5 Å². The van der Waals surface area contributed by atoms with Gasteiger partial charge in [0.15, 0.2) is 0 Å². The molecule has 2 rings (SSSR count). The topological polar surface area (TPSA) is 20.3 Å². The molecule has 1 aromatic carbocycles. The number of nitrogens with zero attached hydrogens (tertiary/aromatic N) is 1. The Morgan fingerprint density at radius 3 is 2.35 bits per heavy atom. The highest BCUT2D eigenvalue weighted by atomic mass is 19.4. The number of benzene rings is 1. The summed E-state index contributed by atoms with van der Waals surface area (Å²) in [4.78, 5) is 13.0. The average Bonchev–Trinajstić information content (AvgIpc) is 2.39. The summed E-state index contributed by atoms with van der Waals surface area (Å²) in [5.74, 6) is -0.827. The number of carbonyl (C=O) groups is 1. The van der Waals surface area contributed by atoms with Crippen molar-refractivity contribution in [3.63, 3.8) is 0 Å². The maximum atomic E-state index is 12.6. The van der Waals surface area contributed by atoms with E-state index < -0.39 is 24.7 Å². The van der Waals surface area contributed by atoms with Gasteiger partial charge in [0.05, 0.1) is 0 Å². The summed E-state index contributed by atoms with van der Waals surface area (Å²) in [7, 11) is 0. The number of rotatable bonds is 2. The van der Waals surface area contributed by atoms with E-state index in [-0.39, 0.29) is 11.8 Å². The first-order valence-electron chi connectivity index (χ1n) is 6.72. The van der Waals surface area contributed by atoms with Crippen molar-refractivity contribution in [2.24, 2.45) is 5.92 Å². The van der Waals surface area contributed by atoms with Crippen LogP contribution in [0.2, 0.25) is 0 Å². The minimum absolute atomic E-state index is 0.0498. The maximum Gasteiger partial charge on any atom is 0.406 e. The van der Waals surface area contributed by atoms with Crippen LogP contribution >= 0.6 is 0 Å². The Morgan fingerprint density at radius 1 is 1.20 bits per heavy atom. The van der Waals surface area contributed by atoms with E-state index in [9.17, 15) is 18.0 Å². The molecule has 1 fully saturated rings. The summed E-state index contributed by atoms with van der Waals surface area (Å²) in [6, 6.07) is 9.00. The van der Waals surface area contributed by atoms with Gasteiger partial charge in [-0.3, -0.25) is 4.79 Å². The van der Waals surface area contributed by atoms with Crippen LogP contribution in [0, 0.1) is 5.92 Å². The number of halogens is 3. The van der Waals surface area contributed by atoms with Crippen molar-refractivity contribution in [1.82, 2.24) is 4.90 Å². The van der Waals surface area contributed by atoms with Gasteiger partial charge in [0.2, 0.25) is 5.91 Å². The summed E-state index contributed by atoms with van der Waals surface area (Å²) in [5.41, 5.74) is 0.992. The lowest BCUT2D eigenvalue weighted by Gasteiger charge is -2.42. The number of piperidine rings is 1. The molecule has 3 atom stereocenters. The van der Waals surface area contributed by atoms with Gasteiger partial charge < -0.3 is 4.90 Å². The number of likely N-dealkylation sites (tertiary alicyclic amines) is 1. The van der Waals surface area contributed by atoms with Crippen molar-refractivity contribution < 1.29 is 18.0 Å². The van der Waals surface area contributed by atoms with Crippen molar-refractivity contribution >= 4 is 5.91 Å². The molecular weight excluding hydrogens is 267 g/mol. The molecule has 1 heterocycles. The van der Waals surface area contributed by atoms with E-state index in [1.54, 1.807) is 13.8 Å². The SMILES string of the molecule is CC1C[C@@H](c2ccccc2)[C@@H](C)N(CC(F)(F)F)C1=O. The van der Waals surface area contributed by atoms with Gasteiger partial charge in [-0.1, -0.05) is 37.3 Å². The zero-order chi connectivity index (χ0) is 14.9. The molecular formula is C15H18F3NO. The normalized spacial score (nSPS) is 27.8. The number of hydrogen-bond donors (Lipinski definition) is 0. The van der Waals surface area contributed by atoms with Crippen LogP contribution in [0.1, 0.15) is 31.7 Å². The molecule has 2 nitrogen and oxygen atoms in total. The third-order valence-corrected chi connectivity index (χ3v) is 3.96. The summed E-state index contributed by atoms with van der Waals surface area (Å²) >= 11 is 0. The first-order chi connectivity index (χ1) is 9.29. The predicted molar refractivity (Wildman–Crippen MR) is 70.2 cm³/mol. The van der Waals surface area contributed by atoms with Gasteiger partial charge in [0.1, 0.15) is 6.54 Å². The maximum absolute atomic E-state index is 12.6. The van der Waals surface area contributed by atoms with Crippen molar-refractivity contribution in [3.05, 3.63) is 35.9 Å². The van der Waals surface area contributed by atoms with E-state index >= 15 is 0 Å². The van der Waals surface area contributed by atoms with Crippen LogP contribution in [0.4, 0.5) is 13.2 Å². The van der Waals surface area contributed by atoms with Gasteiger partial charge in [-0.2, -0.15) is 13.2 Å². The molecule has 0 radical (unpaired) electrons. The Kier molecular flexibility index (Phi) is 4.06. The summed E-state index contributed by atoms with van der Waals surface area (Å²) in [6.07, 6.45) is -3.76. The molecule has 0 spiro atoms. The molecule has 1 saturated heterocycles. The van der Waals surface area contributed by atoms with E-state index in [2.05, 4.69) is 0 Å². The molecule has 0 N–H and O–H groups in total. The largest absolute Gasteiger partial charge is 0.406 e. The highest BCUT2D eigenvalue weighted by molar-refractivity contribution is 5.80. The molecule has 5 heteroatoms. The molecule has 1 aliphatic rings. The predicted octanol–water partition coefficient (Wildman–Crippen LogP) is 3.59. The monoisotopic (exact) mass is 285 g/mol. The van der Waals surface area contributed by atoms with Crippen molar-refractivity contribution in [2.75, 3.05) is 6.54 Å². The minimum atomic E-state index is -4.36. The van der Waals surface area contributed by atoms with Crippen LogP contribution in [0.15, 0.2) is 30.3 Å². The van der Waals surface area contributed by atoms with Crippen LogP contribution in [0.25, 0.3) is 0 Å². The molecule has 1 aliphatic heterocycles. The van der Waals surface area contributed by atoms with Gasteiger partial charge in [-0.15, -0.1) is 0 Å². The molecule has 1 unspecified atom stereocenters. The lowest BCUT2D eigenvalue weighted by atomic mass is 9.79. The molecule has 20 heavy (non-hydrogen) atoms. The lowest BCUT2D eigenvalue weighted by molar-refractivity contribution is -0.172. The zero-order valence-electron chi connectivity index (χ0n) is 11.5. The number of alkyl halides is 3. The van der Waals surface area contributed by atoms with Gasteiger partial charge >= 0.3 is 6.18 Å². The molecule has 110 valence electrons. The van der Waals surface area contributed by atoms with Crippen LogP contribution in [0.3, 0.4) is 0 Å². The Labute approximate surface area is 116 Å². The van der Waals surface area contributed by atoms with Crippen LogP contribution in [-0.2, 0) is 4.79 Å². The summed E-state index contributed by atoms with van der Waals surface area (Å²) in [5, 5.41) is 0. The smallest absolute Gasteiger partial charge is 0.330 e. The molecule has 1 amide bonds. The summed E-state index contributed by atoms with van der Waals surface area (Å²) in [6.45, 7) is 2.24. The number of carbonyl (C=O) groups excluding carboxylic acids is 1. The molecule has 1 aromatic rings. The average molecular weight is 285 g/mol. The minimum Gasteiger partial charge on any atom is -0.330 e. The first kappa shape index (κ1) is 14.9. The van der Waals surface area contributed by atoms with E-state index in [1.807, 2.05) is 30.3 Å². The van der Waals surface area contributed by atoms with E-state index in [0.29, 0.717) is 6.42 Å². The second-order valence-corrected chi connectivity index (χ2v) is 5.48. The lowest BCUT2D eigenvalue weighted by Crippen LogP contribution is -2.52. The fraction of sp³-hybridized carbons (Fsp3) is 0.533. The van der Waals surface area contributed by atoms with Gasteiger partial charge in [0, 0.05) is 17.9 Å². The Hall–Kier alpha value is -1.52. The van der Waals surface area contributed by atoms with Crippen LogP contribution in [0.5, 0.6) is 0 Å². The number of hydrogen-bond acceptors (Lipinski definition) is 1. The highest BCUT2D eigenvalue weighted by Gasteiger charge is 2.43. The van der Waals surface area contributed by atoms with Crippen LogP contribution < -0.4 is 0 Å². The first-order valence-corrected chi connectivity index (χ1v) is 6.72. The third-order valence-electron chi connectivity index (χ3n) is 3.96. The second-order valence-electron chi connectivity index (χ2n) is 5.48. The second kappa shape index (κ2) is 5.46. The standard InChI is InChI=1S/C15H18F3NO/c1-10-8-13(12-6-4-3-5-7-12)11(2)19(14(10)20)9-15(16,17)18/h3-7,10-11,13H,8-9H2,1-2H3/t10?,11-,13-/m1/s1. The molecule has 0 aliphatic carbocycles. The van der Waals surface area contributed by atoms with Gasteiger partial charge in [-0.05, 0) is 18.9 Å². The fourth-order valence-electron chi connectivity index (χ4n) is 2.91. The Bertz CT molecular complexity index is 472.